The number of benzene rings is 1. The summed E-state index contributed by atoms with van der Waals surface area (Å²) in [6.45, 7) is 11.0. The van der Waals surface area contributed by atoms with Crippen molar-refractivity contribution in [3.05, 3.63) is 35.5 Å². The number of hydrogen-bond donors (Lipinski definition) is 2. The van der Waals surface area contributed by atoms with Crippen LogP contribution in [0.25, 0.3) is 0 Å². The molecule has 0 aliphatic rings. The maximum absolute atomic E-state index is 12.4. The minimum atomic E-state index is -0.364. The molecule has 1 amide bonds. The molecule has 6 heteroatoms. The van der Waals surface area contributed by atoms with Crippen LogP contribution >= 0.6 is 0 Å². The Morgan fingerprint density at radius 1 is 1.42 bits per heavy atom. The summed E-state index contributed by atoms with van der Waals surface area (Å²) in [6.07, 6.45) is 2.13. The lowest BCUT2D eigenvalue weighted by Gasteiger charge is -2.19. The van der Waals surface area contributed by atoms with Crippen molar-refractivity contribution >= 4 is 17.3 Å². The Hall–Kier alpha value is -2.81. The number of aliphatic imine (C=N–C) groups is 1. The number of nitrogens with one attached hydrogen (secondary N) is 1. The number of rotatable bonds is 7. The lowest BCUT2D eigenvalue weighted by atomic mass is 9.98. The summed E-state index contributed by atoms with van der Waals surface area (Å²) in [7, 11) is 0. The van der Waals surface area contributed by atoms with Crippen LogP contribution in [0.1, 0.15) is 46.6 Å². The van der Waals surface area contributed by atoms with Crippen LogP contribution in [0.5, 0.6) is 5.75 Å². The highest BCUT2D eigenvalue weighted by molar-refractivity contribution is 6.24. The molecule has 0 spiro atoms. The van der Waals surface area contributed by atoms with Crippen molar-refractivity contribution in [1.82, 2.24) is 0 Å². The third-order valence-corrected chi connectivity index (χ3v) is 3.39. The van der Waals surface area contributed by atoms with Gasteiger partial charge in [0.15, 0.2) is 0 Å². The van der Waals surface area contributed by atoms with E-state index in [9.17, 15) is 10.1 Å². The van der Waals surface area contributed by atoms with Crippen molar-refractivity contribution < 1.29 is 9.53 Å². The molecule has 140 valence electrons. The summed E-state index contributed by atoms with van der Waals surface area (Å²) in [5.74, 6) is 0.132. The normalized spacial score (nSPS) is 12.5. The van der Waals surface area contributed by atoms with E-state index < -0.39 is 0 Å². The lowest BCUT2D eigenvalue weighted by molar-refractivity contribution is -0.112. The van der Waals surface area contributed by atoms with E-state index in [0.717, 1.165) is 6.42 Å². The predicted octanol–water partition coefficient (Wildman–Crippen LogP) is 3.64. The number of nitrogens with zero attached hydrogens (tertiary/aromatic N) is 2. The van der Waals surface area contributed by atoms with Gasteiger partial charge >= 0.3 is 0 Å². The maximum atomic E-state index is 12.4. The first-order chi connectivity index (χ1) is 12.2. The monoisotopic (exact) mass is 356 g/mol. The number of anilines is 1. The zero-order valence-corrected chi connectivity index (χ0v) is 16.2. The first-order valence-electron chi connectivity index (χ1n) is 8.63. The van der Waals surface area contributed by atoms with Crippen molar-refractivity contribution in [3.63, 3.8) is 0 Å². The fourth-order valence-corrected chi connectivity index (χ4v) is 2.04. The number of nitriles is 1. The standard InChI is InChI=1S/C20H28N4O2/c1-6-9-23-14(2)17(12-22)19(25)24-16-7-8-18(15(10-16)11-21)26-13-20(3,4)5/h7-8,10,12H,6,9,13,22H2,1-5H3,(H,24,25). The van der Waals surface area contributed by atoms with Gasteiger partial charge in [0.1, 0.15) is 11.8 Å². The third-order valence-electron chi connectivity index (χ3n) is 3.39. The Balaban J connectivity index is 2.93. The van der Waals surface area contributed by atoms with E-state index in [2.05, 4.69) is 37.1 Å². The summed E-state index contributed by atoms with van der Waals surface area (Å²) in [6, 6.07) is 7.07. The maximum Gasteiger partial charge on any atom is 0.258 e. The van der Waals surface area contributed by atoms with Gasteiger partial charge in [0.25, 0.3) is 5.91 Å². The van der Waals surface area contributed by atoms with E-state index in [1.807, 2.05) is 6.92 Å². The van der Waals surface area contributed by atoms with Crippen LogP contribution in [-0.2, 0) is 4.79 Å². The Bertz CT molecular complexity index is 737. The predicted molar refractivity (Wildman–Crippen MR) is 105 cm³/mol. The summed E-state index contributed by atoms with van der Waals surface area (Å²) in [5.41, 5.74) is 7.32. The van der Waals surface area contributed by atoms with Crippen molar-refractivity contribution in [2.75, 3.05) is 18.5 Å². The molecule has 0 atom stereocenters. The van der Waals surface area contributed by atoms with Crippen molar-refractivity contribution in [3.8, 4) is 11.8 Å². The van der Waals surface area contributed by atoms with Gasteiger partial charge in [-0.25, -0.2) is 0 Å². The average molecular weight is 356 g/mol. The Morgan fingerprint density at radius 3 is 2.65 bits per heavy atom. The molecule has 0 saturated carbocycles. The summed E-state index contributed by atoms with van der Waals surface area (Å²) in [5, 5.41) is 12.1. The zero-order valence-electron chi connectivity index (χ0n) is 16.2. The minimum absolute atomic E-state index is 0.0181. The Kier molecular flexibility index (Phi) is 7.85. The molecule has 0 aromatic heterocycles. The van der Waals surface area contributed by atoms with Crippen LogP contribution in [0.3, 0.4) is 0 Å². The average Bonchev–Trinajstić information content (AvgIpc) is 2.58. The van der Waals surface area contributed by atoms with Crippen LogP contribution in [-0.4, -0.2) is 24.8 Å². The van der Waals surface area contributed by atoms with E-state index in [0.29, 0.717) is 41.4 Å². The first kappa shape index (κ1) is 21.2. The second-order valence-electron chi connectivity index (χ2n) is 7.17. The van der Waals surface area contributed by atoms with Crippen molar-refractivity contribution in [1.29, 1.82) is 5.26 Å². The van der Waals surface area contributed by atoms with E-state index in [1.54, 1.807) is 25.1 Å². The minimum Gasteiger partial charge on any atom is -0.492 e. The fraction of sp³-hybridized carbons (Fsp3) is 0.450. The van der Waals surface area contributed by atoms with Crippen LogP contribution in [0, 0.1) is 16.7 Å². The van der Waals surface area contributed by atoms with E-state index in [-0.39, 0.29) is 11.3 Å². The van der Waals surface area contributed by atoms with Gasteiger partial charge in [0.2, 0.25) is 0 Å². The number of amides is 1. The van der Waals surface area contributed by atoms with Gasteiger partial charge in [-0.3, -0.25) is 9.79 Å². The highest BCUT2D eigenvalue weighted by atomic mass is 16.5. The molecule has 1 aromatic rings. The molecule has 0 bridgehead atoms. The molecular weight excluding hydrogens is 328 g/mol. The molecule has 26 heavy (non-hydrogen) atoms. The van der Waals surface area contributed by atoms with Crippen LogP contribution in [0.15, 0.2) is 35.0 Å². The molecule has 1 rings (SSSR count). The lowest BCUT2D eigenvalue weighted by Crippen LogP contribution is -2.21. The van der Waals surface area contributed by atoms with Gasteiger partial charge in [-0.2, -0.15) is 5.26 Å². The summed E-state index contributed by atoms with van der Waals surface area (Å²) < 4.78 is 5.72. The van der Waals surface area contributed by atoms with Crippen LogP contribution < -0.4 is 15.8 Å². The largest absolute Gasteiger partial charge is 0.492 e. The molecule has 0 fully saturated rings. The second kappa shape index (κ2) is 9.62. The van der Waals surface area contributed by atoms with Gasteiger partial charge in [0, 0.05) is 24.1 Å². The zero-order chi connectivity index (χ0) is 19.7. The Morgan fingerprint density at radius 2 is 2.12 bits per heavy atom. The molecule has 1 aromatic carbocycles. The van der Waals surface area contributed by atoms with Crippen molar-refractivity contribution in [2.24, 2.45) is 16.1 Å². The quantitative estimate of drug-likeness (QED) is 0.575. The topological polar surface area (TPSA) is 100 Å². The molecule has 0 aliphatic carbocycles. The van der Waals surface area contributed by atoms with Gasteiger partial charge in [-0.1, -0.05) is 27.7 Å². The highest BCUT2D eigenvalue weighted by Gasteiger charge is 2.15. The first-order valence-corrected chi connectivity index (χ1v) is 8.63. The van der Waals surface area contributed by atoms with Crippen LogP contribution in [0.4, 0.5) is 5.69 Å². The molecule has 0 unspecified atom stereocenters. The molecule has 6 nitrogen and oxygen atoms in total. The molecule has 0 saturated heterocycles. The Labute approximate surface area is 155 Å². The fourth-order valence-electron chi connectivity index (χ4n) is 2.04. The molecule has 0 heterocycles. The van der Waals surface area contributed by atoms with E-state index >= 15 is 0 Å². The second-order valence-corrected chi connectivity index (χ2v) is 7.17. The number of nitrogens with two attached hydrogens (primary N) is 1. The van der Waals surface area contributed by atoms with E-state index in [1.165, 1.54) is 6.20 Å². The van der Waals surface area contributed by atoms with Gasteiger partial charge in [-0.15, -0.1) is 0 Å². The van der Waals surface area contributed by atoms with Crippen molar-refractivity contribution in [2.45, 2.75) is 41.0 Å². The molecular formula is C20H28N4O2. The number of carbonyl (C=O) groups is 1. The summed E-state index contributed by atoms with van der Waals surface area (Å²) >= 11 is 0. The molecule has 3 N–H and O–H groups in total. The van der Waals surface area contributed by atoms with E-state index in [4.69, 9.17) is 10.5 Å². The number of carbonyl (C=O) groups excluding carboxylic acids is 1. The number of hydrogen-bond acceptors (Lipinski definition) is 5. The summed E-state index contributed by atoms with van der Waals surface area (Å²) in [4.78, 5) is 16.7. The highest BCUT2D eigenvalue weighted by Crippen LogP contribution is 2.25. The number of ether oxygens (including phenoxy) is 1. The third kappa shape index (κ3) is 6.60. The molecule has 0 radical (unpaired) electrons. The van der Waals surface area contributed by atoms with Gasteiger partial charge < -0.3 is 15.8 Å². The SMILES string of the molecule is CCCN=C(C)C(=CN)C(=O)Nc1ccc(OCC(C)(C)C)c(C#N)c1. The molecule has 0 aliphatic heterocycles. The van der Waals surface area contributed by atoms with Gasteiger partial charge in [0.05, 0.1) is 17.7 Å². The smallest absolute Gasteiger partial charge is 0.258 e. The van der Waals surface area contributed by atoms with Gasteiger partial charge in [-0.05, 0) is 37.0 Å². The van der Waals surface area contributed by atoms with Crippen LogP contribution in [0.2, 0.25) is 0 Å².